The summed E-state index contributed by atoms with van der Waals surface area (Å²) < 4.78 is 0. The van der Waals surface area contributed by atoms with Crippen LogP contribution in [0, 0.1) is 10.8 Å². The summed E-state index contributed by atoms with van der Waals surface area (Å²) in [5.41, 5.74) is -0.932. The zero-order valence-corrected chi connectivity index (χ0v) is 15.6. The predicted octanol–water partition coefficient (Wildman–Crippen LogP) is 1.60. The molecule has 0 aliphatic carbocycles. The lowest BCUT2D eigenvalue weighted by Gasteiger charge is -2.23. The van der Waals surface area contributed by atoms with Crippen molar-refractivity contribution in [2.75, 3.05) is 13.6 Å². The molecule has 0 bridgehead atoms. The smallest absolute Gasteiger partial charge is 0.242 e. The van der Waals surface area contributed by atoms with Crippen LogP contribution in [-0.2, 0) is 14.4 Å². The van der Waals surface area contributed by atoms with Crippen LogP contribution in [0.3, 0.4) is 0 Å². The van der Waals surface area contributed by atoms with Gasteiger partial charge in [0, 0.05) is 24.4 Å². The van der Waals surface area contributed by atoms with Gasteiger partial charge in [-0.05, 0) is 19.3 Å². The van der Waals surface area contributed by atoms with Crippen molar-refractivity contribution in [3.8, 4) is 0 Å². The lowest BCUT2D eigenvalue weighted by atomic mass is 9.94. The van der Waals surface area contributed by atoms with Gasteiger partial charge >= 0.3 is 0 Å². The van der Waals surface area contributed by atoms with Crippen LogP contribution in [0.5, 0.6) is 0 Å². The molecular formula is C17H33N3O3. The number of hydrogen-bond acceptors (Lipinski definition) is 3. The Morgan fingerprint density at radius 2 is 1.39 bits per heavy atom. The maximum Gasteiger partial charge on any atom is 0.242 e. The van der Waals surface area contributed by atoms with Crippen LogP contribution >= 0.6 is 0 Å². The molecule has 6 nitrogen and oxygen atoms in total. The largest absolute Gasteiger partial charge is 0.357 e. The fourth-order valence-electron chi connectivity index (χ4n) is 1.76. The number of hydrogen-bond donors (Lipinski definition) is 3. The van der Waals surface area contributed by atoms with Crippen molar-refractivity contribution < 1.29 is 14.4 Å². The number of unbranched alkanes of at least 4 members (excludes halogenated alkanes) is 1. The molecule has 0 aliphatic heterocycles. The number of carbonyl (C=O) groups excluding carboxylic acids is 3. The first-order valence-corrected chi connectivity index (χ1v) is 8.20. The molecule has 134 valence electrons. The van der Waals surface area contributed by atoms with Crippen LogP contribution in [0.1, 0.15) is 60.8 Å². The van der Waals surface area contributed by atoms with E-state index in [9.17, 15) is 14.4 Å². The van der Waals surface area contributed by atoms with Crippen LogP contribution in [0.2, 0.25) is 0 Å². The van der Waals surface area contributed by atoms with Crippen molar-refractivity contribution >= 4 is 17.7 Å². The van der Waals surface area contributed by atoms with Gasteiger partial charge < -0.3 is 16.0 Å². The van der Waals surface area contributed by atoms with Crippen molar-refractivity contribution in [1.29, 1.82) is 0 Å². The average Bonchev–Trinajstić information content (AvgIpc) is 2.42. The highest BCUT2D eigenvalue weighted by Crippen LogP contribution is 2.14. The Morgan fingerprint density at radius 3 is 1.83 bits per heavy atom. The fourth-order valence-corrected chi connectivity index (χ4v) is 1.76. The average molecular weight is 327 g/mol. The van der Waals surface area contributed by atoms with Gasteiger partial charge in [-0.1, -0.05) is 41.5 Å². The molecule has 0 saturated carbocycles. The molecule has 0 rings (SSSR count). The van der Waals surface area contributed by atoms with E-state index in [4.69, 9.17) is 0 Å². The number of nitrogens with one attached hydrogen (secondary N) is 3. The maximum atomic E-state index is 12.0. The van der Waals surface area contributed by atoms with Gasteiger partial charge in [0.1, 0.15) is 6.04 Å². The van der Waals surface area contributed by atoms with Crippen molar-refractivity contribution in [3.05, 3.63) is 0 Å². The van der Waals surface area contributed by atoms with Crippen molar-refractivity contribution in [2.45, 2.75) is 66.8 Å². The highest BCUT2D eigenvalue weighted by atomic mass is 16.2. The van der Waals surface area contributed by atoms with Crippen LogP contribution < -0.4 is 16.0 Å². The van der Waals surface area contributed by atoms with Crippen LogP contribution in [0.4, 0.5) is 0 Å². The molecule has 0 radical (unpaired) electrons. The Hall–Kier alpha value is -1.59. The Kier molecular flexibility index (Phi) is 8.28. The van der Waals surface area contributed by atoms with Gasteiger partial charge in [0.2, 0.25) is 17.7 Å². The van der Waals surface area contributed by atoms with E-state index in [1.165, 1.54) is 0 Å². The summed E-state index contributed by atoms with van der Waals surface area (Å²) in [6.07, 6.45) is 2.06. The zero-order chi connectivity index (χ0) is 18.3. The first-order chi connectivity index (χ1) is 10.4. The number of amides is 3. The Labute approximate surface area is 140 Å². The van der Waals surface area contributed by atoms with E-state index in [1.54, 1.807) is 7.05 Å². The monoisotopic (exact) mass is 327 g/mol. The van der Waals surface area contributed by atoms with Gasteiger partial charge in [-0.25, -0.2) is 0 Å². The first kappa shape index (κ1) is 21.4. The summed E-state index contributed by atoms with van der Waals surface area (Å²) in [5, 5.41) is 8.25. The second kappa shape index (κ2) is 8.89. The number of likely N-dealkylation sites (N-methyl/N-ethyl adjacent to an activating group) is 1. The van der Waals surface area contributed by atoms with Gasteiger partial charge in [-0.3, -0.25) is 14.4 Å². The summed E-state index contributed by atoms with van der Waals surface area (Å²) in [7, 11) is 1.56. The minimum atomic E-state index is -0.537. The quantitative estimate of drug-likeness (QED) is 0.621. The SMILES string of the molecule is CNC(=O)[C@H](CCCCNC(=O)C(C)(C)C)NC(=O)C(C)(C)C. The van der Waals surface area contributed by atoms with E-state index in [-0.39, 0.29) is 17.7 Å². The van der Waals surface area contributed by atoms with E-state index in [1.807, 2.05) is 41.5 Å². The molecule has 3 amide bonds. The van der Waals surface area contributed by atoms with E-state index < -0.39 is 16.9 Å². The van der Waals surface area contributed by atoms with Gasteiger partial charge in [0.05, 0.1) is 0 Å². The van der Waals surface area contributed by atoms with Crippen molar-refractivity contribution in [1.82, 2.24) is 16.0 Å². The standard InChI is InChI=1S/C17H33N3O3/c1-16(2,3)14(22)19-11-9-8-10-12(13(21)18-7)20-15(23)17(4,5)6/h12H,8-11H2,1-7H3,(H,18,21)(H,19,22)(H,20,23)/t12-/m0/s1. The first-order valence-electron chi connectivity index (χ1n) is 8.20. The molecule has 0 aromatic rings. The topological polar surface area (TPSA) is 87.3 Å². The third kappa shape index (κ3) is 8.57. The Balaban J connectivity index is 4.30. The molecule has 3 N–H and O–H groups in total. The second-order valence-corrected chi connectivity index (χ2v) is 7.89. The summed E-state index contributed by atoms with van der Waals surface area (Å²) in [6.45, 7) is 11.6. The molecule has 0 unspecified atom stereocenters. The molecule has 0 saturated heterocycles. The summed E-state index contributed by atoms with van der Waals surface area (Å²) in [4.78, 5) is 35.7. The zero-order valence-electron chi connectivity index (χ0n) is 15.6. The summed E-state index contributed by atoms with van der Waals surface area (Å²) in [6, 6.07) is -0.537. The summed E-state index contributed by atoms with van der Waals surface area (Å²) in [5.74, 6) is -0.324. The van der Waals surface area contributed by atoms with Crippen molar-refractivity contribution in [2.24, 2.45) is 10.8 Å². The molecule has 0 aliphatic rings. The third-order valence-electron chi connectivity index (χ3n) is 3.44. The Bertz CT molecular complexity index is 420. The van der Waals surface area contributed by atoms with E-state index in [0.717, 1.165) is 12.8 Å². The van der Waals surface area contributed by atoms with Gasteiger partial charge in [-0.2, -0.15) is 0 Å². The molecule has 0 aromatic heterocycles. The fraction of sp³-hybridized carbons (Fsp3) is 0.824. The number of rotatable bonds is 7. The second-order valence-electron chi connectivity index (χ2n) is 7.89. The maximum absolute atomic E-state index is 12.0. The number of carbonyl (C=O) groups is 3. The van der Waals surface area contributed by atoms with E-state index >= 15 is 0 Å². The third-order valence-corrected chi connectivity index (χ3v) is 3.44. The molecule has 0 heterocycles. The van der Waals surface area contributed by atoms with E-state index in [2.05, 4.69) is 16.0 Å². The molecular weight excluding hydrogens is 294 g/mol. The normalized spacial score (nSPS) is 13.2. The Morgan fingerprint density at radius 1 is 0.870 bits per heavy atom. The minimum absolute atomic E-state index is 0.0152. The van der Waals surface area contributed by atoms with Gasteiger partial charge in [0.25, 0.3) is 0 Å². The van der Waals surface area contributed by atoms with Crippen LogP contribution in [0.25, 0.3) is 0 Å². The van der Waals surface area contributed by atoms with Gasteiger partial charge in [0.15, 0.2) is 0 Å². The molecule has 6 heteroatoms. The lowest BCUT2D eigenvalue weighted by molar-refractivity contribution is -0.133. The molecule has 1 atom stereocenters. The predicted molar refractivity (Wildman–Crippen MR) is 91.8 cm³/mol. The van der Waals surface area contributed by atoms with Crippen LogP contribution in [-0.4, -0.2) is 37.4 Å². The molecule has 0 fully saturated rings. The van der Waals surface area contributed by atoms with Crippen LogP contribution in [0.15, 0.2) is 0 Å². The van der Waals surface area contributed by atoms with Crippen molar-refractivity contribution in [3.63, 3.8) is 0 Å². The molecule has 0 spiro atoms. The highest BCUT2D eigenvalue weighted by Gasteiger charge is 2.26. The lowest BCUT2D eigenvalue weighted by Crippen LogP contribution is -2.49. The van der Waals surface area contributed by atoms with E-state index in [0.29, 0.717) is 13.0 Å². The molecule has 0 aromatic carbocycles. The summed E-state index contributed by atoms with van der Waals surface area (Å²) >= 11 is 0. The molecule has 23 heavy (non-hydrogen) atoms. The highest BCUT2D eigenvalue weighted by molar-refractivity contribution is 5.89. The minimum Gasteiger partial charge on any atom is -0.357 e. The van der Waals surface area contributed by atoms with Gasteiger partial charge in [-0.15, -0.1) is 0 Å².